The number of hydrogen-bond donors (Lipinski definition) is 2. The van der Waals surface area contributed by atoms with E-state index in [1.54, 1.807) is 6.07 Å². The minimum absolute atomic E-state index is 0.0831. The molecule has 0 saturated heterocycles. The molecular formula is C17H20N2O4S. The predicted octanol–water partition coefficient (Wildman–Crippen LogP) is 2.47. The minimum atomic E-state index is -3.74. The number of ether oxygens (including phenoxy) is 1. The lowest BCUT2D eigenvalue weighted by Gasteiger charge is -2.12. The van der Waals surface area contributed by atoms with Gasteiger partial charge in [0.15, 0.2) is 0 Å². The Bertz CT molecular complexity index is 876. The van der Waals surface area contributed by atoms with Gasteiger partial charge in [0.25, 0.3) is 5.91 Å². The van der Waals surface area contributed by atoms with Crippen molar-refractivity contribution in [2.24, 2.45) is 0 Å². The van der Waals surface area contributed by atoms with Gasteiger partial charge in [-0.15, -0.1) is 0 Å². The van der Waals surface area contributed by atoms with E-state index < -0.39 is 15.9 Å². The molecule has 0 aliphatic rings. The standard InChI is InChI=1S/C17H20N2O4S/c1-11-5-7-14(9-12(11)2)19-17(20)13-6-8-15(23-4)16(10-13)24(21,22)18-3/h5-10,18H,1-4H3,(H,19,20). The van der Waals surface area contributed by atoms with Crippen LogP contribution in [0.5, 0.6) is 5.75 Å². The van der Waals surface area contributed by atoms with Crippen LogP contribution in [0.1, 0.15) is 21.5 Å². The molecule has 0 unspecified atom stereocenters. The second kappa shape index (κ2) is 7.02. The van der Waals surface area contributed by atoms with E-state index in [-0.39, 0.29) is 16.2 Å². The molecule has 24 heavy (non-hydrogen) atoms. The average Bonchev–Trinajstić information content (AvgIpc) is 2.57. The largest absolute Gasteiger partial charge is 0.495 e. The van der Waals surface area contributed by atoms with Crippen molar-refractivity contribution < 1.29 is 17.9 Å². The van der Waals surface area contributed by atoms with Crippen LogP contribution in [0, 0.1) is 13.8 Å². The summed E-state index contributed by atoms with van der Waals surface area (Å²) in [5.74, 6) is -0.222. The molecule has 0 atom stereocenters. The van der Waals surface area contributed by atoms with Gasteiger partial charge in [-0.05, 0) is 62.4 Å². The van der Waals surface area contributed by atoms with Crippen LogP contribution in [0.15, 0.2) is 41.3 Å². The Balaban J connectivity index is 2.36. The molecule has 0 bridgehead atoms. The molecule has 0 heterocycles. The average molecular weight is 348 g/mol. The minimum Gasteiger partial charge on any atom is -0.495 e. The van der Waals surface area contributed by atoms with E-state index in [0.717, 1.165) is 11.1 Å². The zero-order chi connectivity index (χ0) is 17.9. The van der Waals surface area contributed by atoms with Crippen molar-refractivity contribution in [2.45, 2.75) is 18.7 Å². The highest BCUT2D eigenvalue weighted by Gasteiger charge is 2.20. The van der Waals surface area contributed by atoms with E-state index in [1.165, 1.54) is 32.4 Å². The van der Waals surface area contributed by atoms with Gasteiger partial charge in [-0.25, -0.2) is 13.1 Å². The molecule has 128 valence electrons. The molecule has 2 rings (SSSR count). The highest BCUT2D eigenvalue weighted by molar-refractivity contribution is 7.89. The number of amides is 1. The normalized spacial score (nSPS) is 11.2. The number of rotatable bonds is 5. The lowest BCUT2D eigenvalue weighted by Crippen LogP contribution is -2.20. The second-order valence-electron chi connectivity index (χ2n) is 5.33. The first-order valence-corrected chi connectivity index (χ1v) is 8.77. The highest BCUT2D eigenvalue weighted by atomic mass is 32.2. The number of benzene rings is 2. The molecule has 0 aliphatic heterocycles. The van der Waals surface area contributed by atoms with Crippen LogP contribution in [0.2, 0.25) is 0 Å². The molecular weight excluding hydrogens is 328 g/mol. The quantitative estimate of drug-likeness (QED) is 0.869. The summed E-state index contributed by atoms with van der Waals surface area (Å²) in [7, 11) is -1.06. The van der Waals surface area contributed by atoms with Crippen LogP contribution >= 0.6 is 0 Å². The number of aryl methyl sites for hydroxylation is 2. The van der Waals surface area contributed by atoms with Crippen molar-refractivity contribution in [3.63, 3.8) is 0 Å². The zero-order valence-corrected chi connectivity index (χ0v) is 14.8. The Hall–Kier alpha value is -2.38. The zero-order valence-electron chi connectivity index (χ0n) is 14.0. The summed E-state index contributed by atoms with van der Waals surface area (Å²) in [5.41, 5.74) is 3.06. The molecule has 0 aromatic heterocycles. The smallest absolute Gasteiger partial charge is 0.255 e. The van der Waals surface area contributed by atoms with Crippen LogP contribution in [0.3, 0.4) is 0 Å². The molecule has 0 saturated carbocycles. The maximum atomic E-state index is 12.4. The maximum absolute atomic E-state index is 12.4. The molecule has 0 aliphatic carbocycles. The van der Waals surface area contributed by atoms with Gasteiger partial charge in [-0.2, -0.15) is 0 Å². The Morgan fingerprint density at radius 1 is 1.04 bits per heavy atom. The summed E-state index contributed by atoms with van der Waals surface area (Å²) >= 11 is 0. The SMILES string of the molecule is CNS(=O)(=O)c1cc(C(=O)Nc2ccc(C)c(C)c2)ccc1OC. The summed E-state index contributed by atoms with van der Waals surface area (Å²) in [5, 5.41) is 2.77. The first kappa shape index (κ1) is 18.0. The van der Waals surface area contributed by atoms with E-state index in [1.807, 2.05) is 26.0 Å². The number of anilines is 1. The summed E-state index contributed by atoms with van der Waals surface area (Å²) in [6.07, 6.45) is 0. The van der Waals surface area contributed by atoms with Gasteiger partial charge in [0.05, 0.1) is 7.11 Å². The van der Waals surface area contributed by atoms with Gasteiger partial charge < -0.3 is 10.1 Å². The lowest BCUT2D eigenvalue weighted by molar-refractivity contribution is 0.102. The fourth-order valence-electron chi connectivity index (χ4n) is 2.16. The van der Waals surface area contributed by atoms with Gasteiger partial charge in [0.2, 0.25) is 10.0 Å². The van der Waals surface area contributed by atoms with Gasteiger partial charge in [0, 0.05) is 11.3 Å². The van der Waals surface area contributed by atoms with Crippen LogP contribution in [0.25, 0.3) is 0 Å². The Kier molecular flexibility index (Phi) is 5.26. The Labute approximate surface area is 141 Å². The Morgan fingerprint density at radius 2 is 1.75 bits per heavy atom. The van der Waals surface area contributed by atoms with Crippen LogP contribution < -0.4 is 14.8 Å². The topological polar surface area (TPSA) is 84.5 Å². The monoisotopic (exact) mass is 348 g/mol. The third kappa shape index (κ3) is 3.74. The second-order valence-corrected chi connectivity index (χ2v) is 7.18. The first-order chi connectivity index (χ1) is 11.3. The van der Waals surface area contributed by atoms with Crippen LogP contribution in [0.4, 0.5) is 5.69 Å². The summed E-state index contributed by atoms with van der Waals surface area (Å²) in [4.78, 5) is 12.3. The molecule has 2 aromatic rings. The van der Waals surface area contributed by atoms with Gasteiger partial charge in [0.1, 0.15) is 10.6 Å². The van der Waals surface area contributed by atoms with Crippen LogP contribution in [-0.4, -0.2) is 28.5 Å². The van der Waals surface area contributed by atoms with Crippen molar-refractivity contribution in [1.29, 1.82) is 0 Å². The van der Waals surface area contributed by atoms with Crippen molar-refractivity contribution in [3.8, 4) is 5.75 Å². The fourth-order valence-corrected chi connectivity index (χ4v) is 3.08. The maximum Gasteiger partial charge on any atom is 0.255 e. The van der Waals surface area contributed by atoms with Crippen molar-refractivity contribution in [1.82, 2.24) is 4.72 Å². The summed E-state index contributed by atoms with van der Waals surface area (Å²) in [6, 6.07) is 9.84. The molecule has 2 aromatic carbocycles. The first-order valence-electron chi connectivity index (χ1n) is 7.28. The Morgan fingerprint density at radius 3 is 2.33 bits per heavy atom. The predicted molar refractivity (Wildman–Crippen MR) is 93.1 cm³/mol. The van der Waals surface area contributed by atoms with Gasteiger partial charge in [-0.3, -0.25) is 4.79 Å². The lowest BCUT2D eigenvalue weighted by atomic mass is 10.1. The number of carbonyl (C=O) groups excluding carboxylic acids is 1. The molecule has 0 radical (unpaired) electrons. The highest BCUT2D eigenvalue weighted by Crippen LogP contribution is 2.25. The van der Waals surface area contributed by atoms with Crippen molar-refractivity contribution in [3.05, 3.63) is 53.1 Å². The van der Waals surface area contributed by atoms with E-state index in [4.69, 9.17) is 4.74 Å². The number of sulfonamides is 1. The molecule has 0 spiro atoms. The summed E-state index contributed by atoms with van der Waals surface area (Å²) in [6.45, 7) is 3.94. The number of nitrogens with one attached hydrogen (secondary N) is 2. The van der Waals surface area contributed by atoms with Crippen LogP contribution in [-0.2, 0) is 10.0 Å². The number of hydrogen-bond acceptors (Lipinski definition) is 4. The fraction of sp³-hybridized carbons (Fsp3) is 0.235. The van der Waals surface area contributed by atoms with Crippen molar-refractivity contribution >= 4 is 21.6 Å². The number of carbonyl (C=O) groups is 1. The molecule has 2 N–H and O–H groups in total. The van der Waals surface area contributed by atoms with E-state index in [0.29, 0.717) is 5.69 Å². The van der Waals surface area contributed by atoms with Crippen molar-refractivity contribution in [2.75, 3.05) is 19.5 Å². The third-order valence-corrected chi connectivity index (χ3v) is 5.18. The molecule has 6 nitrogen and oxygen atoms in total. The van der Waals surface area contributed by atoms with E-state index >= 15 is 0 Å². The molecule has 1 amide bonds. The van der Waals surface area contributed by atoms with E-state index in [9.17, 15) is 13.2 Å². The third-order valence-electron chi connectivity index (χ3n) is 3.75. The summed E-state index contributed by atoms with van der Waals surface area (Å²) < 4.78 is 31.4. The molecule has 7 heteroatoms. The van der Waals surface area contributed by atoms with E-state index in [2.05, 4.69) is 10.0 Å². The van der Waals surface area contributed by atoms with Gasteiger partial charge in [-0.1, -0.05) is 6.07 Å². The molecule has 0 fully saturated rings. The van der Waals surface area contributed by atoms with Gasteiger partial charge >= 0.3 is 0 Å². The number of methoxy groups -OCH3 is 1.